The number of hydrogen-bond donors (Lipinski definition) is 2. The highest BCUT2D eigenvalue weighted by Gasteiger charge is 2.13. The van der Waals surface area contributed by atoms with Gasteiger partial charge in [-0.3, -0.25) is 9.59 Å². The molecule has 2 amide bonds. The molecular formula is C24H21Cl2N3O3S. The van der Waals surface area contributed by atoms with Crippen LogP contribution < -0.4 is 15.5 Å². The molecule has 2 N–H and O–H groups in total. The molecule has 0 aliphatic carbocycles. The average molecular weight is 502 g/mol. The maximum atomic E-state index is 12.2. The summed E-state index contributed by atoms with van der Waals surface area (Å²) in [6.07, 6.45) is 1.53. The van der Waals surface area contributed by atoms with Crippen LogP contribution in [-0.2, 0) is 9.59 Å². The van der Waals surface area contributed by atoms with Gasteiger partial charge in [-0.2, -0.15) is 5.10 Å². The number of hydrazone groups is 1. The molecular weight excluding hydrogens is 481 g/mol. The lowest BCUT2D eigenvalue weighted by molar-refractivity contribution is -0.120. The quantitative estimate of drug-likeness (QED) is 0.226. The van der Waals surface area contributed by atoms with Crippen molar-refractivity contribution in [3.05, 3.63) is 88.4 Å². The van der Waals surface area contributed by atoms with Crippen molar-refractivity contribution in [3.63, 3.8) is 0 Å². The summed E-state index contributed by atoms with van der Waals surface area (Å²) in [6.45, 7) is 1.66. The van der Waals surface area contributed by atoms with Crippen LogP contribution in [0.2, 0.25) is 10.0 Å². The fourth-order valence-corrected chi connectivity index (χ4v) is 3.77. The van der Waals surface area contributed by atoms with Gasteiger partial charge in [-0.15, -0.1) is 11.8 Å². The van der Waals surface area contributed by atoms with Gasteiger partial charge in [-0.25, -0.2) is 5.43 Å². The van der Waals surface area contributed by atoms with Gasteiger partial charge in [0.05, 0.1) is 11.5 Å². The number of rotatable bonds is 9. The van der Waals surface area contributed by atoms with E-state index in [2.05, 4.69) is 15.8 Å². The van der Waals surface area contributed by atoms with E-state index in [1.54, 1.807) is 67.6 Å². The zero-order valence-corrected chi connectivity index (χ0v) is 20.0. The Kier molecular flexibility index (Phi) is 9.18. The molecule has 3 aromatic carbocycles. The van der Waals surface area contributed by atoms with E-state index >= 15 is 0 Å². The van der Waals surface area contributed by atoms with Crippen molar-refractivity contribution in [2.45, 2.75) is 17.1 Å². The van der Waals surface area contributed by atoms with Crippen LogP contribution in [0.3, 0.4) is 0 Å². The van der Waals surface area contributed by atoms with Crippen LogP contribution in [0.4, 0.5) is 5.69 Å². The molecule has 0 spiro atoms. The first-order valence-electron chi connectivity index (χ1n) is 9.92. The molecule has 9 heteroatoms. The van der Waals surface area contributed by atoms with Crippen molar-refractivity contribution in [1.82, 2.24) is 5.43 Å². The smallest absolute Gasteiger partial charge is 0.262 e. The number of halogens is 2. The number of nitrogens with zero attached hydrogens (tertiary/aromatic N) is 1. The molecule has 0 heterocycles. The summed E-state index contributed by atoms with van der Waals surface area (Å²) in [6, 6.07) is 21.1. The zero-order valence-electron chi connectivity index (χ0n) is 17.6. The summed E-state index contributed by atoms with van der Waals surface area (Å²) in [5.74, 6) is 0.0264. The molecule has 0 saturated heterocycles. The van der Waals surface area contributed by atoms with E-state index < -0.39 is 0 Å². The maximum absolute atomic E-state index is 12.2. The number of thioether (sulfide) groups is 1. The second-order valence-corrected chi connectivity index (χ2v) is 9.15. The van der Waals surface area contributed by atoms with Crippen molar-refractivity contribution < 1.29 is 14.3 Å². The summed E-state index contributed by atoms with van der Waals surface area (Å²) >= 11 is 13.2. The fraction of sp³-hybridized carbons (Fsp3) is 0.125. The van der Waals surface area contributed by atoms with Gasteiger partial charge in [0.25, 0.3) is 11.8 Å². The second kappa shape index (κ2) is 12.3. The summed E-state index contributed by atoms with van der Waals surface area (Å²) in [4.78, 5) is 25.2. The molecule has 0 fully saturated rings. The number of carbonyl (C=O) groups is 2. The predicted octanol–water partition coefficient (Wildman–Crippen LogP) is 5.64. The monoisotopic (exact) mass is 501 g/mol. The molecule has 0 aromatic heterocycles. The minimum atomic E-state index is -0.322. The minimum Gasteiger partial charge on any atom is -0.484 e. The molecule has 33 heavy (non-hydrogen) atoms. The molecule has 170 valence electrons. The van der Waals surface area contributed by atoms with Gasteiger partial charge in [0.15, 0.2) is 6.61 Å². The Morgan fingerprint density at radius 2 is 1.76 bits per heavy atom. The second-order valence-electron chi connectivity index (χ2n) is 6.86. The zero-order chi connectivity index (χ0) is 23.6. The first-order chi connectivity index (χ1) is 15.9. The van der Waals surface area contributed by atoms with Gasteiger partial charge in [0.2, 0.25) is 0 Å². The number of amides is 2. The van der Waals surface area contributed by atoms with Crippen molar-refractivity contribution in [1.29, 1.82) is 0 Å². The average Bonchev–Trinajstić information content (AvgIpc) is 2.80. The van der Waals surface area contributed by atoms with Gasteiger partial charge in [-0.05, 0) is 79.2 Å². The van der Waals surface area contributed by atoms with Crippen molar-refractivity contribution >= 4 is 58.7 Å². The number of benzene rings is 3. The normalized spacial score (nSPS) is 11.7. The molecule has 0 bridgehead atoms. The van der Waals surface area contributed by atoms with E-state index in [4.69, 9.17) is 27.9 Å². The van der Waals surface area contributed by atoms with Crippen LogP contribution in [0, 0.1) is 0 Å². The number of ether oxygens (including phenoxy) is 1. The van der Waals surface area contributed by atoms with Gasteiger partial charge < -0.3 is 10.1 Å². The SMILES string of the molecule is C[C@@H](Sc1ccc(Cl)cc1)C(=O)N/N=C\c1ccc(OCC(=O)Nc2cccc(Cl)c2)cc1. The van der Waals surface area contributed by atoms with Crippen LogP contribution in [0.15, 0.2) is 82.8 Å². The molecule has 3 rings (SSSR count). The van der Waals surface area contributed by atoms with E-state index in [0.717, 1.165) is 10.5 Å². The van der Waals surface area contributed by atoms with Crippen LogP contribution in [-0.4, -0.2) is 29.9 Å². The van der Waals surface area contributed by atoms with E-state index in [9.17, 15) is 9.59 Å². The summed E-state index contributed by atoms with van der Waals surface area (Å²) < 4.78 is 5.49. The molecule has 1 atom stereocenters. The third-order valence-electron chi connectivity index (χ3n) is 4.24. The van der Waals surface area contributed by atoms with Crippen LogP contribution >= 0.6 is 35.0 Å². The van der Waals surface area contributed by atoms with E-state index in [1.165, 1.54) is 18.0 Å². The Bertz CT molecular complexity index is 1120. The Morgan fingerprint density at radius 1 is 1.03 bits per heavy atom. The number of hydrogen-bond acceptors (Lipinski definition) is 5. The molecule has 0 aliphatic rings. The Morgan fingerprint density at radius 3 is 2.45 bits per heavy atom. The lowest BCUT2D eigenvalue weighted by atomic mass is 10.2. The highest BCUT2D eigenvalue weighted by Crippen LogP contribution is 2.24. The highest BCUT2D eigenvalue weighted by atomic mass is 35.5. The van der Waals surface area contributed by atoms with E-state index in [1.807, 2.05) is 12.1 Å². The third kappa shape index (κ3) is 8.46. The Labute approximate surface area is 206 Å². The molecule has 6 nitrogen and oxygen atoms in total. The van der Waals surface area contributed by atoms with E-state index in [-0.39, 0.29) is 23.7 Å². The number of carbonyl (C=O) groups excluding carboxylic acids is 2. The number of nitrogens with one attached hydrogen (secondary N) is 2. The first-order valence-corrected chi connectivity index (χ1v) is 11.6. The fourth-order valence-electron chi connectivity index (χ4n) is 2.59. The van der Waals surface area contributed by atoms with Crippen LogP contribution in [0.25, 0.3) is 0 Å². The van der Waals surface area contributed by atoms with Gasteiger partial charge in [0.1, 0.15) is 5.75 Å². The van der Waals surface area contributed by atoms with Gasteiger partial charge in [-0.1, -0.05) is 29.3 Å². The lowest BCUT2D eigenvalue weighted by Crippen LogP contribution is -2.26. The summed E-state index contributed by atoms with van der Waals surface area (Å²) in [7, 11) is 0. The minimum absolute atomic E-state index is 0.140. The Balaban J connectivity index is 1.42. The molecule has 0 aliphatic heterocycles. The standard InChI is InChI=1S/C24H21Cl2N3O3S/c1-16(33-22-11-7-18(25)8-12-22)24(31)29-27-14-17-5-9-21(10-6-17)32-15-23(30)28-20-4-2-3-19(26)13-20/h2-14,16H,15H2,1H3,(H,28,30)(H,29,31)/b27-14-/t16-/m1/s1. The van der Waals surface area contributed by atoms with Crippen molar-refractivity contribution in [3.8, 4) is 5.75 Å². The van der Waals surface area contributed by atoms with Crippen LogP contribution in [0.1, 0.15) is 12.5 Å². The topological polar surface area (TPSA) is 79.8 Å². The van der Waals surface area contributed by atoms with Gasteiger partial charge in [0, 0.05) is 20.6 Å². The third-order valence-corrected chi connectivity index (χ3v) is 5.84. The molecule has 0 unspecified atom stereocenters. The molecule has 0 radical (unpaired) electrons. The van der Waals surface area contributed by atoms with Crippen LogP contribution in [0.5, 0.6) is 5.75 Å². The molecule has 0 saturated carbocycles. The van der Waals surface area contributed by atoms with Crippen molar-refractivity contribution in [2.24, 2.45) is 5.10 Å². The lowest BCUT2D eigenvalue weighted by Gasteiger charge is -2.09. The van der Waals surface area contributed by atoms with E-state index in [0.29, 0.717) is 21.5 Å². The summed E-state index contributed by atoms with van der Waals surface area (Å²) in [5, 5.41) is 7.58. The largest absolute Gasteiger partial charge is 0.484 e. The maximum Gasteiger partial charge on any atom is 0.262 e. The van der Waals surface area contributed by atoms with Gasteiger partial charge >= 0.3 is 0 Å². The summed E-state index contributed by atoms with van der Waals surface area (Å²) in [5.41, 5.74) is 3.90. The number of anilines is 1. The predicted molar refractivity (Wildman–Crippen MR) is 135 cm³/mol. The first kappa shape index (κ1) is 24.6. The molecule has 3 aromatic rings. The van der Waals surface area contributed by atoms with Crippen molar-refractivity contribution in [2.75, 3.05) is 11.9 Å². The Hall–Kier alpha value is -3.00. The highest BCUT2D eigenvalue weighted by molar-refractivity contribution is 8.00.